The topological polar surface area (TPSA) is 55.0 Å². The molecule has 2 N–H and O–H groups in total. The van der Waals surface area contributed by atoms with Gasteiger partial charge in [-0.25, -0.2) is 4.98 Å². The molecule has 1 fully saturated rings. The molecule has 1 saturated heterocycles. The highest BCUT2D eigenvalue weighted by Crippen LogP contribution is 2.27. The molecule has 1 aromatic rings. The molecule has 0 bridgehead atoms. The first-order valence-electron chi connectivity index (χ1n) is 6.11. The summed E-state index contributed by atoms with van der Waals surface area (Å²) in [7, 11) is 0. The molecule has 0 atom stereocenters. The fourth-order valence-corrected chi connectivity index (χ4v) is 2.72. The summed E-state index contributed by atoms with van der Waals surface area (Å²) in [6.45, 7) is 6.65. The van der Waals surface area contributed by atoms with E-state index in [-0.39, 0.29) is 0 Å². The maximum Gasteiger partial charge on any atom is 0.228 e. The van der Waals surface area contributed by atoms with Crippen molar-refractivity contribution >= 4 is 27.7 Å². The van der Waals surface area contributed by atoms with Crippen LogP contribution in [0.2, 0.25) is 0 Å². The van der Waals surface area contributed by atoms with Gasteiger partial charge in [0.1, 0.15) is 10.4 Å². The minimum Gasteiger partial charge on any atom is -0.383 e. The molecule has 4 nitrogen and oxygen atoms in total. The summed E-state index contributed by atoms with van der Waals surface area (Å²) in [5.74, 6) is 2.87. The van der Waals surface area contributed by atoms with Gasteiger partial charge in [-0.2, -0.15) is 4.98 Å². The molecular formula is C12H19BrN4. The summed E-state index contributed by atoms with van der Waals surface area (Å²) in [5, 5.41) is 0. The number of aromatic nitrogens is 2. The third-order valence-electron chi connectivity index (χ3n) is 3.47. The van der Waals surface area contributed by atoms with Gasteiger partial charge in [-0.3, -0.25) is 0 Å². The summed E-state index contributed by atoms with van der Waals surface area (Å²) in [6, 6.07) is 1.73. The average molecular weight is 299 g/mol. The highest BCUT2D eigenvalue weighted by Gasteiger charge is 2.23. The van der Waals surface area contributed by atoms with Crippen LogP contribution < -0.4 is 10.6 Å². The SMILES string of the molecule is CC(C)C1CCN(c2nc(N)cc(Br)n2)CC1. The first-order chi connectivity index (χ1) is 8.06. The Bertz CT molecular complexity index is 366. The maximum absolute atomic E-state index is 5.73. The fourth-order valence-electron chi connectivity index (χ4n) is 2.33. The highest BCUT2D eigenvalue weighted by atomic mass is 79.9. The summed E-state index contributed by atoms with van der Waals surface area (Å²) >= 11 is 3.36. The van der Waals surface area contributed by atoms with Crippen LogP contribution in [0.1, 0.15) is 26.7 Å². The molecule has 1 aliphatic heterocycles. The third kappa shape index (κ3) is 3.09. The molecule has 1 aliphatic rings. The van der Waals surface area contributed by atoms with Crippen LogP contribution in [0.25, 0.3) is 0 Å². The van der Waals surface area contributed by atoms with Crippen LogP contribution >= 0.6 is 15.9 Å². The fraction of sp³-hybridized carbons (Fsp3) is 0.667. The van der Waals surface area contributed by atoms with E-state index in [0.717, 1.165) is 35.5 Å². The molecule has 2 rings (SSSR count). The van der Waals surface area contributed by atoms with E-state index in [1.807, 2.05) is 0 Å². The molecule has 0 aliphatic carbocycles. The van der Waals surface area contributed by atoms with Crippen molar-refractivity contribution in [2.45, 2.75) is 26.7 Å². The molecule has 17 heavy (non-hydrogen) atoms. The molecule has 0 spiro atoms. The lowest BCUT2D eigenvalue weighted by Gasteiger charge is -2.33. The van der Waals surface area contributed by atoms with Crippen molar-refractivity contribution in [2.75, 3.05) is 23.7 Å². The third-order valence-corrected chi connectivity index (χ3v) is 3.87. The van der Waals surface area contributed by atoms with Crippen LogP contribution in [0, 0.1) is 11.8 Å². The van der Waals surface area contributed by atoms with Crippen LogP contribution in [-0.2, 0) is 0 Å². The zero-order valence-corrected chi connectivity index (χ0v) is 11.9. The molecule has 5 heteroatoms. The van der Waals surface area contributed by atoms with Crippen molar-refractivity contribution in [3.63, 3.8) is 0 Å². The molecule has 0 amide bonds. The molecule has 0 aromatic carbocycles. The van der Waals surface area contributed by atoms with Crippen molar-refractivity contribution < 1.29 is 0 Å². The van der Waals surface area contributed by atoms with Gasteiger partial charge in [0.05, 0.1) is 0 Å². The second-order valence-electron chi connectivity index (χ2n) is 4.98. The Morgan fingerprint density at radius 1 is 1.35 bits per heavy atom. The van der Waals surface area contributed by atoms with E-state index in [2.05, 4.69) is 44.6 Å². The van der Waals surface area contributed by atoms with Gasteiger partial charge in [0.15, 0.2) is 0 Å². The van der Waals surface area contributed by atoms with Crippen molar-refractivity contribution in [3.05, 3.63) is 10.7 Å². The van der Waals surface area contributed by atoms with E-state index in [4.69, 9.17) is 5.73 Å². The molecule has 0 unspecified atom stereocenters. The molecule has 0 saturated carbocycles. The summed E-state index contributed by atoms with van der Waals surface area (Å²) in [5.41, 5.74) is 5.73. The number of halogens is 1. The predicted octanol–water partition coefficient (Wildman–Crippen LogP) is 2.69. The van der Waals surface area contributed by atoms with Gasteiger partial charge in [-0.15, -0.1) is 0 Å². The Balaban J connectivity index is 2.05. The Kier molecular flexibility index (Phi) is 3.86. The zero-order valence-electron chi connectivity index (χ0n) is 10.4. The van der Waals surface area contributed by atoms with Gasteiger partial charge >= 0.3 is 0 Å². The molecular weight excluding hydrogens is 280 g/mol. The number of hydrogen-bond donors (Lipinski definition) is 1. The summed E-state index contributed by atoms with van der Waals surface area (Å²) in [6.07, 6.45) is 2.43. The quantitative estimate of drug-likeness (QED) is 0.853. The first kappa shape index (κ1) is 12.6. The lowest BCUT2D eigenvalue weighted by molar-refractivity contribution is 0.310. The monoisotopic (exact) mass is 298 g/mol. The van der Waals surface area contributed by atoms with E-state index in [9.17, 15) is 0 Å². The Hall–Kier alpha value is -0.840. The number of rotatable bonds is 2. The van der Waals surface area contributed by atoms with Crippen LogP contribution in [0.15, 0.2) is 10.7 Å². The van der Waals surface area contributed by atoms with Gasteiger partial charge in [0.2, 0.25) is 5.95 Å². The maximum atomic E-state index is 5.73. The standard InChI is InChI=1S/C12H19BrN4/c1-8(2)9-3-5-17(6-4-9)12-15-10(13)7-11(14)16-12/h7-9H,3-6H2,1-2H3,(H2,14,15,16). The van der Waals surface area contributed by atoms with E-state index in [1.54, 1.807) is 6.07 Å². The predicted molar refractivity (Wildman–Crippen MR) is 73.9 cm³/mol. The van der Waals surface area contributed by atoms with E-state index in [0.29, 0.717) is 5.82 Å². The second-order valence-corrected chi connectivity index (χ2v) is 5.80. The smallest absolute Gasteiger partial charge is 0.228 e. The van der Waals surface area contributed by atoms with Crippen molar-refractivity contribution in [1.29, 1.82) is 0 Å². The Labute approximate surface area is 111 Å². The number of piperidine rings is 1. The van der Waals surface area contributed by atoms with Crippen molar-refractivity contribution in [3.8, 4) is 0 Å². The lowest BCUT2D eigenvalue weighted by Crippen LogP contribution is -2.36. The van der Waals surface area contributed by atoms with Crippen LogP contribution in [0.5, 0.6) is 0 Å². The van der Waals surface area contributed by atoms with Gasteiger partial charge in [0.25, 0.3) is 0 Å². The number of nitrogen functional groups attached to an aromatic ring is 1. The molecule has 1 aromatic heterocycles. The molecule has 94 valence electrons. The van der Waals surface area contributed by atoms with Crippen molar-refractivity contribution in [1.82, 2.24) is 9.97 Å². The summed E-state index contributed by atoms with van der Waals surface area (Å²) < 4.78 is 0.756. The van der Waals surface area contributed by atoms with E-state index >= 15 is 0 Å². The summed E-state index contributed by atoms with van der Waals surface area (Å²) in [4.78, 5) is 10.9. The largest absolute Gasteiger partial charge is 0.383 e. The zero-order chi connectivity index (χ0) is 12.4. The number of nitrogens with two attached hydrogens (primary N) is 1. The lowest BCUT2D eigenvalue weighted by atomic mass is 9.87. The van der Waals surface area contributed by atoms with Gasteiger partial charge < -0.3 is 10.6 Å². The minimum atomic E-state index is 0.521. The highest BCUT2D eigenvalue weighted by molar-refractivity contribution is 9.10. The minimum absolute atomic E-state index is 0.521. The second kappa shape index (κ2) is 5.21. The van der Waals surface area contributed by atoms with Gasteiger partial charge in [-0.1, -0.05) is 13.8 Å². The van der Waals surface area contributed by atoms with Gasteiger partial charge in [0, 0.05) is 19.2 Å². The first-order valence-corrected chi connectivity index (χ1v) is 6.90. The Morgan fingerprint density at radius 3 is 2.53 bits per heavy atom. The Morgan fingerprint density at radius 2 is 2.00 bits per heavy atom. The van der Waals surface area contributed by atoms with Crippen LogP contribution in [-0.4, -0.2) is 23.1 Å². The van der Waals surface area contributed by atoms with Crippen LogP contribution in [0.3, 0.4) is 0 Å². The normalized spacial score (nSPS) is 17.8. The number of nitrogens with zero attached hydrogens (tertiary/aromatic N) is 3. The molecule has 2 heterocycles. The van der Waals surface area contributed by atoms with Gasteiger partial charge in [-0.05, 0) is 40.6 Å². The van der Waals surface area contributed by atoms with E-state index in [1.165, 1.54) is 12.8 Å². The number of hydrogen-bond acceptors (Lipinski definition) is 4. The molecule has 0 radical (unpaired) electrons. The number of anilines is 2. The van der Waals surface area contributed by atoms with Crippen molar-refractivity contribution in [2.24, 2.45) is 11.8 Å². The van der Waals surface area contributed by atoms with Crippen LogP contribution in [0.4, 0.5) is 11.8 Å². The average Bonchev–Trinajstić information content (AvgIpc) is 2.28. The van der Waals surface area contributed by atoms with E-state index < -0.39 is 0 Å².